The van der Waals surface area contributed by atoms with E-state index in [4.69, 9.17) is 16.0 Å². The zero-order valence-electron chi connectivity index (χ0n) is 13.1. The van der Waals surface area contributed by atoms with Gasteiger partial charge in [0.15, 0.2) is 5.58 Å². The van der Waals surface area contributed by atoms with Crippen LogP contribution in [-0.4, -0.2) is 15.1 Å². The van der Waals surface area contributed by atoms with E-state index in [9.17, 15) is 5.11 Å². The summed E-state index contributed by atoms with van der Waals surface area (Å²) in [5.74, 6) is 0.138. The number of hydrogen-bond acceptors (Lipinski definition) is 5. The molecule has 0 spiro atoms. The highest BCUT2D eigenvalue weighted by Crippen LogP contribution is 2.35. The number of aromatic hydroxyl groups is 1. The Bertz CT molecular complexity index is 1020. The largest absolute Gasteiger partial charge is 0.506 e. The zero-order chi connectivity index (χ0) is 17.2. The molecule has 0 bridgehead atoms. The Morgan fingerprint density at radius 3 is 2.68 bits per heavy atom. The first-order valence-electron chi connectivity index (χ1n) is 7.72. The van der Waals surface area contributed by atoms with Gasteiger partial charge in [0.05, 0.1) is 17.9 Å². The first kappa shape index (κ1) is 15.5. The number of fused-ring (bicyclic) bond motifs is 1. The summed E-state index contributed by atoms with van der Waals surface area (Å²) in [7, 11) is 0. The van der Waals surface area contributed by atoms with Gasteiger partial charge in [-0.3, -0.25) is 9.88 Å². The molecular formula is C19H14ClN3O2. The minimum atomic E-state index is 0.138. The monoisotopic (exact) mass is 351 g/mol. The van der Waals surface area contributed by atoms with E-state index in [0.717, 1.165) is 5.69 Å². The molecule has 0 fully saturated rings. The SMILES string of the molecule is Oc1ccccc1N(Cc1ccccn1)c1nc2cc(Cl)ccc2o1. The fourth-order valence-electron chi connectivity index (χ4n) is 2.61. The van der Waals surface area contributed by atoms with Crippen LogP contribution in [0.25, 0.3) is 11.1 Å². The number of anilines is 2. The molecule has 6 heteroatoms. The minimum absolute atomic E-state index is 0.138. The maximum atomic E-state index is 10.3. The van der Waals surface area contributed by atoms with Crippen molar-refractivity contribution in [2.24, 2.45) is 0 Å². The lowest BCUT2D eigenvalue weighted by atomic mass is 10.2. The average molecular weight is 352 g/mol. The van der Waals surface area contributed by atoms with Gasteiger partial charge in [-0.1, -0.05) is 29.8 Å². The second-order valence-electron chi connectivity index (χ2n) is 5.50. The summed E-state index contributed by atoms with van der Waals surface area (Å²) >= 11 is 6.03. The van der Waals surface area contributed by atoms with Crippen LogP contribution in [0.5, 0.6) is 5.75 Å². The number of nitrogens with zero attached hydrogens (tertiary/aromatic N) is 3. The van der Waals surface area contributed by atoms with Crippen molar-refractivity contribution in [3.8, 4) is 5.75 Å². The number of para-hydroxylation sites is 2. The van der Waals surface area contributed by atoms with Gasteiger partial charge in [-0.15, -0.1) is 0 Å². The minimum Gasteiger partial charge on any atom is -0.506 e. The van der Waals surface area contributed by atoms with Crippen LogP contribution in [-0.2, 0) is 6.54 Å². The molecule has 2 heterocycles. The molecule has 0 amide bonds. The molecule has 124 valence electrons. The molecule has 2 aromatic carbocycles. The summed E-state index contributed by atoms with van der Waals surface area (Å²) in [5.41, 5.74) is 2.70. The Morgan fingerprint density at radius 1 is 1.04 bits per heavy atom. The van der Waals surface area contributed by atoms with Crippen molar-refractivity contribution in [2.75, 3.05) is 4.90 Å². The van der Waals surface area contributed by atoms with Crippen LogP contribution in [0, 0.1) is 0 Å². The third-order valence-corrected chi connectivity index (χ3v) is 4.02. The van der Waals surface area contributed by atoms with Gasteiger partial charge in [-0.2, -0.15) is 4.98 Å². The van der Waals surface area contributed by atoms with Gasteiger partial charge in [-0.05, 0) is 42.5 Å². The zero-order valence-corrected chi connectivity index (χ0v) is 13.9. The van der Waals surface area contributed by atoms with E-state index >= 15 is 0 Å². The van der Waals surface area contributed by atoms with Crippen molar-refractivity contribution < 1.29 is 9.52 Å². The fraction of sp³-hybridized carbons (Fsp3) is 0.0526. The molecule has 0 aliphatic heterocycles. The van der Waals surface area contributed by atoms with Gasteiger partial charge in [0.2, 0.25) is 0 Å². The summed E-state index contributed by atoms with van der Waals surface area (Å²) < 4.78 is 5.88. The number of hydrogen-bond donors (Lipinski definition) is 1. The van der Waals surface area contributed by atoms with Gasteiger partial charge in [0.25, 0.3) is 0 Å². The molecule has 5 nitrogen and oxygen atoms in total. The standard InChI is InChI=1S/C19H14ClN3O2/c20-13-8-9-18-15(11-13)22-19(25-18)23(12-14-5-3-4-10-21-14)16-6-1-2-7-17(16)24/h1-11,24H,12H2. The van der Waals surface area contributed by atoms with Crippen molar-refractivity contribution >= 4 is 34.4 Å². The quantitative estimate of drug-likeness (QED) is 0.565. The van der Waals surface area contributed by atoms with Crippen LogP contribution in [0.15, 0.2) is 71.3 Å². The lowest BCUT2D eigenvalue weighted by molar-refractivity contribution is 0.473. The summed E-state index contributed by atoms with van der Waals surface area (Å²) in [6.45, 7) is 0.402. The first-order valence-corrected chi connectivity index (χ1v) is 8.10. The predicted octanol–water partition coefficient (Wildman–Crippen LogP) is 4.92. The summed E-state index contributed by atoms with van der Waals surface area (Å²) in [5, 5.41) is 10.9. The maximum Gasteiger partial charge on any atom is 0.303 e. The van der Waals surface area contributed by atoms with Crippen molar-refractivity contribution in [3.05, 3.63) is 77.6 Å². The van der Waals surface area contributed by atoms with E-state index in [-0.39, 0.29) is 5.75 Å². The molecule has 0 aliphatic rings. The van der Waals surface area contributed by atoms with Crippen LogP contribution in [0.4, 0.5) is 11.7 Å². The Kier molecular flexibility index (Phi) is 3.99. The topological polar surface area (TPSA) is 62.4 Å². The molecule has 2 aromatic heterocycles. The number of phenols is 1. The van der Waals surface area contributed by atoms with Crippen LogP contribution in [0.1, 0.15) is 5.69 Å². The summed E-state index contributed by atoms with van der Waals surface area (Å²) in [4.78, 5) is 10.7. The molecule has 0 aliphatic carbocycles. The molecule has 4 rings (SSSR count). The highest BCUT2D eigenvalue weighted by Gasteiger charge is 2.20. The third kappa shape index (κ3) is 3.14. The van der Waals surface area contributed by atoms with Gasteiger partial charge in [0, 0.05) is 11.2 Å². The first-order chi connectivity index (χ1) is 12.2. The molecule has 0 unspecified atom stereocenters. The second-order valence-corrected chi connectivity index (χ2v) is 5.94. The number of halogens is 1. The number of benzene rings is 2. The fourth-order valence-corrected chi connectivity index (χ4v) is 2.77. The summed E-state index contributed by atoms with van der Waals surface area (Å²) in [6.07, 6.45) is 1.73. The van der Waals surface area contributed by atoms with E-state index in [1.807, 2.05) is 24.3 Å². The molecule has 0 atom stereocenters. The van der Waals surface area contributed by atoms with Crippen LogP contribution >= 0.6 is 11.6 Å². The Balaban J connectivity index is 1.82. The molecule has 0 radical (unpaired) electrons. The van der Waals surface area contributed by atoms with E-state index in [1.165, 1.54) is 0 Å². The lowest BCUT2D eigenvalue weighted by Gasteiger charge is -2.21. The second kappa shape index (κ2) is 6.45. The smallest absolute Gasteiger partial charge is 0.303 e. The Labute approximate surface area is 149 Å². The molecular weight excluding hydrogens is 338 g/mol. The van der Waals surface area contributed by atoms with Crippen molar-refractivity contribution in [1.82, 2.24) is 9.97 Å². The normalized spacial score (nSPS) is 10.9. The number of phenolic OH excluding ortho intramolecular Hbond substituents is 1. The van der Waals surface area contributed by atoms with E-state index in [2.05, 4.69) is 9.97 Å². The highest BCUT2D eigenvalue weighted by atomic mass is 35.5. The average Bonchev–Trinajstić information content (AvgIpc) is 3.04. The Morgan fingerprint density at radius 2 is 1.88 bits per heavy atom. The van der Waals surface area contributed by atoms with E-state index in [0.29, 0.717) is 34.4 Å². The van der Waals surface area contributed by atoms with Crippen LogP contribution in [0.2, 0.25) is 5.02 Å². The molecule has 0 saturated carbocycles. The van der Waals surface area contributed by atoms with Gasteiger partial charge in [0.1, 0.15) is 11.3 Å². The van der Waals surface area contributed by atoms with Gasteiger partial charge >= 0.3 is 6.01 Å². The number of aromatic nitrogens is 2. The third-order valence-electron chi connectivity index (χ3n) is 3.79. The molecule has 0 saturated heterocycles. The number of oxazole rings is 1. The maximum absolute atomic E-state index is 10.3. The number of pyridine rings is 1. The van der Waals surface area contributed by atoms with Crippen LogP contribution in [0.3, 0.4) is 0 Å². The van der Waals surface area contributed by atoms with E-state index < -0.39 is 0 Å². The van der Waals surface area contributed by atoms with Crippen LogP contribution < -0.4 is 4.90 Å². The highest BCUT2D eigenvalue weighted by molar-refractivity contribution is 6.31. The van der Waals surface area contributed by atoms with Gasteiger partial charge < -0.3 is 9.52 Å². The van der Waals surface area contributed by atoms with Crippen molar-refractivity contribution in [2.45, 2.75) is 6.54 Å². The summed E-state index contributed by atoms with van der Waals surface area (Å²) in [6, 6.07) is 18.4. The lowest BCUT2D eigenvalue weighted by Crippen LogP contribution is -2.17. The molecule has 4 aromatic rings. The van der Waals surface area contributed by atoms with Crippen molar-refractivity contribution in [3.63, 3.8) is 0 Å². The van der Waals surface area contributed by atoms with E-state index in [1.54, 1.807) is 47.5 Å². The number of rotatable bonds is 4. The Hall–Kier alpha value is -3.05. The molecule has 25 heavy (non-hydrogen) atoms. The van der Waals surface area contributed by atoms with Gasteiger partial charge in [-0.25, -0.2) is 0 Å². The predicted molar refractivity (Wildman–Crippen MR) is 97.2 cm³/mol. The van der Waals surface area contributed by atoms with Crippen molar-refractivity contribution in [1.29, 1.82) is 0 Å². The molecule has 1 N–H and O–H groups in total.